The minimum absolute atomic E-state index is 0.353. The molecule has 84 valence electrons. The van der Waals surface area contributed by atoms with Crippen LogP contribution in [0.1, 0.15) is 23.0 Å². The second kappa shape index (κ2) is 4.29. The van der Waals surface area contributed by atoms with Gasteiger partial charge in [-0.25, -0.2) is 4.79 Å². The molecule has 0 aliphatic rings. The number of hydrogen-bond donors (Lipinski definition) is 0. The summed E-state index contributed by atoms with van der Waals surface area (Å²) in [5.74, 6) is 0.314. The van der Waals surface area contributed by atoms with Gasteiger partial charge < -0.3 is 9.15 Å². The van der Waals surface area contributed by atoms with E-state index >= 15 is 0 Å². The number of halogens is 1. The number of esters is 1. The zero-order chi connectivity index (χ0) is 11.7. The van der Waals surface area contributed by atoms with Crippen LogP contribution in [-0.4, -0.2) is 13.1 Å². The topological polar surface area (TPSA) is 39.4 Å². The molecule has 1 aromatic heterocycles. The van der Waals surface area contributed by atoms with Crippen LogP contribution in [0.4, 0.5) is 0 Å². The van der Waals surface area contributed by atoms with Gasteiger partial charge in [-0.15, -0.1) is 0 Å². The van der Waals surface area contributed by atoms with Crippen LogP contribution in [0.15, 0.2) is 27.1 Å². The highest BCUT2D eigenvalue weighted by molar-refractivity contribution is 9.10. The van der Waals surface area contributed by atoms with Crippen molar-refractivity contribution in [1.82, 2.24) is 0 Å². The van der Waals surface area contributed by atoms with Crippen LogP contribution in [0.5, 0.6) is 0 Å². The van der Waals surface area contributed by atoms with Gasteiger partial charge >= 0.3 is 5.97 Å². The quantitative estimate of drug-likeness (QED) is 0.791. The van der Waals surface area contributed by atoms with E-state index in [1.807, 2.05) is 25.1 Å². The average molecular weight is 283 g/mol. The Bertz CT molecular complexity index is 542. The summed E-state index contributed by atoms with van der Waals surface area (Å²) < 4.78 is 11.3. The lowest BCUT2D eigenvalue weighted by atomic mass is 10.1. The normalized spacial score (nSPS) is 10.7. The van der Waals surface area contributed by atoms with Crippen molar-refractivity contribution in [3.05, 3.63) is 34.0 Å². The van der Waals surface area contributed by atoms with Crippen LogP contribution in [-0.2, 0) is 11.2 Å². The third-order valence-electron chi connectivity index (χ3n) is 2.43. The molecule has 4 heteroatoms. The molecule has 0 aliphatic heterocycles. The lowest BCUT2D eigenvalue weighted by Crippen LogP contribution is -2.03. The summed E-state index contributed by atoms with van der Waals surface area (Å²) in [6, 6.07) is 5.58. The largest absolute Gasteiger partial charge is 0.465 e. The molecule has 0 saturated carbocycles. The first-order chi connectivity index (χ1) is 7.67. The van der Waals surface area contributed by atoms with Gasteiger partial charge in [0.1, 0.15) is 16.9 Å². The minimum Gasteiger partial charge on any atom is -0.465 e. The Kier molecular flexibility index (Phi) is 3.01. The molecule has 2 aromatic rings. The average Bonchev–Trinajstić information content (AvgIpc) is 2.65. The number of rotatable bonds is 2. The van der Waals surface area contributed by atoms with Crippen molar-refractivity contribution in [2.75, 3.05) is 7.11 Å². The molecule has 3 nitrogen and oxygen atoms in total. The molecule has 0 radical (unpaired) electrons. The second-order valence-corrected chi connectivity index (χ2v) is 4.30. The van der Waals surface area contributed by atoms with Gasteiger partial charge in [-0.2, -0.15) is 0 Å². The highest BCUT2D eigenvalue weighted by atomic mass is 79.9. The van der Waals surface area contributed by atoms with E-state index in [0.717, 1.165) is 9.86 Å². The summed E-state index contributed by atoms with van der Waals surface area (Å²) in [7, 11) is 1.37. The Morgan fingerprint density at radius 2 is 2.25 bits per heavy atom. The van der Waals surface area contributed by atoms with Crippen molar-refractivity contribution in [3.8, 4) is 0 Å². The van der Waals surface area contributed by atoms with E-state index in [1.165, 1.54) is 7.11 Å². The number of hydrogen-bond acceptors (Lipinski definition) is 3. The van der Waals surface area contributed by atoms with Gasteiger partial charge in [-0.05, 0) is 18.2 Å². The summed E-state index contributed by atoms with van der Waals surface area (Å²) >= 11 is 3.38. The van der Waals surface area contributed by atoms with Crippen LogP contribution >= 0.6 is 15.9 Å². The minimum atomic E-state index is -0.353. The summed E-state index contributed by atoms with van der Waals surface area (Å²) in [6.45, 7) is 1.94. The van der Waals surface area contributed by atoms with E-state index in [1.54, 1.807) is 0 Å². The molecule has 2 rings (SSSR count). The Morgan fingerprint density at radius 1 is 1.50 bits per heavy atom. The molecule has 1 aromatic carbocycles. The fourth-order valence-electron chi connectivity index (χ4n) is 1.70. The standard InChI is InChI=1S/C12H11BrO3/c1-3-9-11(12(14)15-2)8-6-7(13)4-5-10(8)16-9/h4-6H,3H2,1-2H3. The molecule has 1 heterocycles. The SMILES string of the molecule is CCc1oc2ccc(Br)cc2c1C(=O)OC. The number of fused-ring (bicyclic) bond motifs is 1. The Hall–Kier alpha value is -1.29. The molecule has 0 amide bonds. The first-order valence-electron chi connectivity index (χ1n) is 4.96. The van der Waals surface area contributed by atoms with Gasteiger partial charge in [0.25, 0.3) is 0 Å². The molecule has 0 bridgehead atoms. The van der Waals surface area contributed by atoms with E-state index in [9.17, 15) is 4.79 Å². The molecule has 0 fully saturated rings. The predicted octanol–water partition coefficient (Wildman–Crippen LogP) is 3.54. The Morgan fingerprint density at radius 3 is 2.88 bits per heavy atom. The number of benzene rings is 1. The molecule has 0 unspecified atom stereocenters. The number of ether oxygens (including phenoxy) is 1. The molecule has 0 aliphatic carbocycles. The van der Waals surface area contributed by atoms with E-state index in [4.69, 9.17) is 9.15 Å². The molecule has 0 saturated heterocycles. The zero-order valence-electron chi connectivity index (χ0n) is 9.04. The number of carbonyl (C=O) groups is 1. The third kappa shape index (κ3) is 1.73. The van der Waals surface area contributed by atoms with Gasteiger partial charge in [-0.1, -0.05) is 22.9 Å². The van der Waals surface area contributed by atoms with Crippen LogP contribution < -0.4 is 0 Å². The van der Waals surface area contributed by atoms with E-state index in [0.29, 0.717) is 23.3 Å². The van der Waals surface area contributed by atoms with Crippen LogP contribution in [0.25, 0.3) is 11.0 Å². The Labute approximate surface area is 102 Å². The van der Waals surface area contributed by atoms with Crippen LogP contribution in [0.3, 0.4) is 0 Å². The fourth-order valence-corrected chi connectivity index (χ4v) is 2.06. The maximum absolute atomic E-state index is 11.7. The van der Waals surface area contributed by atoms with Gasteiger partial charge in [-0.3, -0.25) is 0 Å². The predicted molar refractivity (Wildman–Crippen MR) is 64.6 cm³/mol. The van der Waals surface area contributed by atoms with E-state index < -0.39 is 0 Å². The number of aryl methyl sites for hydroxylation is 1. The van der Waals surface area contributed by atoms with E-state index in [-0.39, 0.29) is 5.97 Å². The highest BCUT2D eigenvalue weighted by Gasteiger charge is 2.20. The van der Waals surface area contributed by atoms with Gasteiger partial charge in [0, 0.05) is 16.3 Å². The maximum Gasteiger partial charge on any atom is 0.342 e. The highest BCUT2D eigenvalue weighted by Crippen LogP contribution is 2.29. The van der Waals surface area contributed by atoms with Gasteiger partial charge in [0.15, 0.2) is 0 Å². The molecule has 0 spiro atoms. The van der Waals surface area contributed by atoms with Crippen molar-refractivity contribution >= 4 is 32.9 Å². The number of carbonyl (C=O) groups excluding carboxylic acids is 1. The molecule has 0 atom stereocenters. The van der Waals surface area contributed by atoms with Crippen molar-refractivity contribution in [2.45, 2.75) is 13.3 Å². The smallest absolute Gasteiger partial charge is 0.342 e. The molecule has 0 N–H and O–H groups in total. The first kappa shape index (κ1) is 11.2. The van der Waals surface area contributed by atoms with Gasteiger partial charge in [0.2, 0.25) is 0 Å². The lowest BCUT2D eigenvalue weighted by Gasteiger charge is -1.98. The molecular formula is C12H11BrO3. The maximum atomic E-state index is 11.7. The number of methoxy groups -OCH3 is 1. The Balaban J connectivity index is 2.75. The van der Waals surface area contributed by atoms with Crippen molar-refractivity contribution in [1.29, 1.82) is 0 Å². The first-order valence-corrected chi connectivity index (χ1v) is 5.76. The van der Waals surface area contributed by atoms with Crippen LogP contribution in [0, 0.1) is 0 Å². The van der Waals surface area contributed by atoms with Crippen molar-refractivity contribution in [2.24, 2.45) is 0 Å². The summed E-state index contributed by atoms with van der Waals surface area (Å²) in [6.07, 6.45) is 0.663. The monoisotopic (exact) mass is 282 g/mol. The van der Waals surface area contributed by atoms with Gasteiger partial charge in [0.05, 0.1) is 7.11 Å². The van der Waals surface area contributed by atoms with Crippen molar-refractivity contribution < 1.29 is 13.9 Å². The number of furan rings is 1. The van der Waals surface area contributed by atoms with Crippen LogP contribution in [0.2, 0.25) is 0 Å². The summed E-state index contributed by atoms with van der Waals surface area (Å²) in [4.78, 5) is 11.7. The summed E-state index contributed by atoms with van der Waals surface area (Å²) in [5, 5.41) is 0.790. The van der Waals surface area contributed by atoms with E-state index in [2.05, 4.69) is 15.9 Å². The lowest BCUT2D eigenvalue weighted by molar-refractivity contribution is 0.0600. The fraction of sp³-hybridized carbons (Fsp3) is 0.250. The third-order valence-corrected chi connectivity index (χ3v) is 2.93. The molecular weight excluding hydrogens is 272 g/mol. The second-order valence-electron chi connectivity index (χ2n) is 3.39. The molecule has 16 heavy (non-hydrogen) atoms. The zero-order valence-corrected chi connectivity index (χ0v) is 10.6. The van der Waals surface area contributed by atoms with Crippen molar-refractivity contribution in [3.63, 3.8) is 0 Å². The summed E-state index contributed by atoms with van der Waals surface area (Å²) in [5.41, 5.74) is 1.24.